The Hall–Kier alpha value is -1.43. The fourth-order valence-corrected chi connectivity index (χ4v) is 6.07. The Morgan fingerprint density at radius 3 is 2.16 bits per heavy atom. The Morgan fingerprint density at radius 2 is 1.61 bits per heavy atom. The topological polar surface area (TPSA) is 99.7 Å². The van der Waals surface area contributed by atoms with Crippen LogP contribution in [-0.4, -0.2) is 108 Å². The van der Waals surface area contributed by atoms with E-state index in [-0.39, 0.29) is 25.6 Å². The smallest absolute Gasteiger partial charge is 0.410 e. The molecule has 1 aliphatic carbocycles. The largest absolute Gasteiger partial charge is 0.444 e. The summed E-state index contributed by atoms with van der Waals surface area (Å²) >= 11 is 0. The van der Waals surface area contributed by atoms with Gasteiger partial charge in [0.2, 0.25) is 5.91 Å². The third kappa shape index (κ3) is 4.99. The zero-order chi connectivity index (χ0) is 22.4. The molecule has 10 nitrogen and oxygen atoms in total. The van der Waals surface area contributed by atoms with Gasteiger partial charge in [-0.25, -0.2) is 4.79 Å². The van der Waals surface area contributed by atoms with Crippen molar-refractivity contribution in [3.63, 3.8) is 0 Å². The first kappa shape index (κ1) is 22.8. The number of rotatable bonds is 3. The third-order valence-corrected chi connectivity index (χ3v) is 8.48. The highest BCUT2D eigenvalue weighted by Gasteiger charge is 2.48. The third-order valence-electron chi connectivity index (χ3n) is 6.44. The van der Waals surface area contributed by atoms with E-state index in [0.717, 1.165) is 12.8 Å². The Labute approximate surface area is 184 Å². The highest BCUT2D eigenvalue weighted by atomic mass is 32.2. The van der Waals surface area contributed by atoms with Crippen LogP contribution in [0.4, 0.5) is 4.79 Å². The zero-order valence-electron chi connectivity index (χ0n) is 18.7. The number of nitrogens with zero attached hydrogens (tertiary/aromatic N) is 4. The number of carbonyl (C=O) groups excluding carboxylic acids is 2. The molecule has 11 heteroatoms. The molecule has 2 amide bonds. The SMILES string of the molecule is CC(C)(C)OC(=O)N1CCN(S(=O)(=O)N2CCC3(CC2)CN(C2CC2)C(=O)CO3)CC1. The van der Waals surface area contributed by atoms with Crippen molar-refractivity contribution in [3.05, 3.63) is 0 Å². The van der Waals surface area contributed by atoms with Crippen LogP contribution in [0.3, 0.4) is 0 Å². The van der Waals surface area contributed by atoms with Gasteiger partial charge < -0.3 is 19.3 Å². The first-order valence-electron chi connectivity index (χ1n) is 11.2. The van der Waals surface area contributed by atoms with Crippen LogP contribution in [0.2, 0.25) is 0 Å². The zero-order valence-corrected chi connectivity index (χ0v) is 19.5. The van der Waals surface area contributed by atoms with E-state index in [9.17, 15) is 18.0 Å². The monoisotopic (exact) mass is 458 g/mol. The molecule has 0 aromatic heterocycles. The minimum absolute atomic E-state index is 0.0473. The Morgan fingerprint density at radius 1 is 1.03 bits per heavy atom. The van der Waals surface area contributed by atoms with Gasteiger partial charge in [-0.1, -0.05) is 0 Å². The first-order chi connectivity index (χ1) is 14.5. The molecule has 0 atom stereocenters. The predicted molar refractivity (Wildman–Crippen MR) is 113 cm³/mol. The summed E-state index contributed by atoms with van der Waals surface area (Å²) in [5.41, 5.74) is -1.01. The number of piperidine rings is 1. The molecule has 1 saturated carbocycles. The molecule has 0 bridgehead atoms. The van der Waals surface area contributed by atoms with Gasteiger partial charge in [0, 0.05) is 45.3 Å². The lowest BCUT2D eigenvalue weighted by Crippen LogP contribution is -2.61. The number of piperazine rings is 1. The molecule has 31 heavy (non-hydrogen) atoms. The number of hydrogen-bond acceptors (Lipinski definition) is 6. The van der Waals surface area contributed by atoms with Gasteiger partial charge in [0.05, 0.1) is 12.1 Å². The Kier molecular flexibility index (Phi) is 5.99. The lowest BCUT2D eigenvalue weighted by molar-refractivity contribution is -0.170. The van der Waals surface area contributed by atoms with Gasteiger partial charge in [0.1, 0.15) is 12.2 Å². The fraction of sp³-hybridized carbons (Fsp3) is 0.900. The Balaban J connectivity index is 1.30. The van der Waals surface area contributed by atoms with E-state index in [0.29, 0.717) is 51.6 Å². The number of amides is 2. The molecule has 3 heterocycles. The molecule has 0 unspecified atom stereocenters. The van der Waals surface area contributed by atoms with E-state index in [1.807, 2.05) is 25.7 Å². The minimum atomic E-state index is -3.60. The summed E-state index contributed by atoms with van der Waals surface area (Å²) in [6, 6.07) is 0.344. The second-order valence-electron chi connectivity index (χ2n) is 10.00. The highest BCUT2D eigenvalue weighted by molar-refractivity contribution is 7.86. The molecule has 3 saturated heterocycles. The molecular formula is C20H34N4O6S. The normalized spacial score (nSPS) is 26.4. The van der Waals surface area contributed by atoms with Crippen molar-refractivity contribution < 1.29 is 27.5 Å². The van der Waals surface area contributed by atoms with Gasteiger partial charge in [0.15, 0.2) is 0 Å². The maximum Gasteiger partial charge on any atom is 0.410 e. The molecule has 0 radical (unpaired) electrons. The Bertz CT molecular complexity index is 806. The van der Waals surface area contributed by atoms with Gasteiger partial charge >= 0.3 is 6.09 Å². The van der Waals surface area contributed by atoms with Crippen molar-refractivity contribution >= 4 is 22.2 Å². The molecule has 1 spiro atoms. The van der Waals surface area contributed by atoms with E-state index < -0.39 is 27.5 Å². The van der Waals surface area contributed by atoms with Gasteiger partial charge in [-0.2, -0.15) is 17.0 Å². The second-order valence-corrected chi connectivity index (χ2v) is 11.9. The first-order valence-corrected chi connectivity index (χ1v) is 12.6. The molecule has 0 N–H and O–H groups in total. The summed E-state index contributed by atoms with van der Waals surface area (Å²) < 4.78 is 40.6. The summed E-state index contributed by atoms with van der Waals surface area (Å²) in [4.78, 5) is 27.9. The average molecular weight is 459 g/mol. The van der Waals surface area contributed by atoms with Crippen molar-refractivity contribution in [2.24, 2.45) is 0 Å². The van der Waals surface area contributed by atoms with Gasteiger partial charge in [-0.15, -0.1) is 0 Å². The van der Waals surface area contributed by atoms with Crippen LogP contribution < -0.4 is 0 Å². The lowest BCUT2D eigenvalue weighted by atomic mass is 9.90. The number of morpholine rings is 1. The van der Waals surface area contributed by atoms with Crippen LogP contribution in [0.25, 0.3) is 0 Å². The van der Waals surface area contributed by atoms with E-state index in [4.69, 9.17) is 9.47 Å². The molecular weight excluding hydrogens is 424 g/mol. The fourth-order valence-electron chi connectivity index (χ4n) is 4.48. The van der Waals surface area contributed by atoms with Crippen molar-refractivity contribution in [2.75, 3.05) is 52.4 Å². The molecule has 3 aliphatic heterocycles. The van der Waals surface area contributed by atoms with Crippen LogP contribution in [0.5, 0.6) is 0 Å². The standard InChI is InChI=1S/C20H34N4O6S/c1-19(2,3)30-18(26)21-10-12-23(13-11-21)31(27,28)22-8-6-20(7-9-22)15-24(16-4-5-16)17(25)14-29-20/h16H,4-15H2,1-3H3. The highest BCUT2D eigenvalue weighted by Crippen LogP contribution is 2.37. The summed E-state index contributed by atoms with van der Waals surface area (Å²) in [5, 5.41) is 0. The van der Waals surface area contributed by atoms with Crippen LogP contribution in [0.15, 0.2) is 0 Å². The number of ether oxygens (including phenoxy) is 2. The van der Waals surface area contributed by atoms with Crippen molar-refractivity contribution in [1.82, 2.24) is 18.4 Å². The molecule has 176 valence electrons. The van der Waals surface area contributed by atoms with Gasteiger partial charge in [-0.05, 0) is 46.5 Å². The average Bonchev–Trinajstić information content (AvgIpc) is 3.54. The van der Waals surface area contributed by atoms with E-state index in [2.05, 4.69) is 0 Å². The van der Waals surface area contributed by atoms with Crippen LogP contribution in [0.1, 0.15) is 46.5 Å². The van der Waals surface area contributed by atoms with Crippen LogP contribution >= 0.6 is 0 Å². The maximum absolute atomic E-state index is 13.2. The quantitative estimate of drug-likeness (QED) is 0.615. The van der Waals surface area contributed by atoms with Crippen LogP contribution in [-0.2, 0) is 24.5 Å². The van der Waals surface area contributed by atoms with Crippen molar-refractivity contribution in [2.45, 2.75) is 63.7 Å². The molecule has 4 fully saturated rings. The molecule has 0 aromatic carbocycles. The number of carbonyl (C=O) groups is 2. The summed E-state index contributed by atoms with van der Waals surface area (Å²) in [7, 11) is -3.60. The maximum atomic E-state index is 13.2. The molecule has 0 aromatic rings. The lowest BCUT2D eigenvalue weighted by Gasteiger charge is -2.47. The van der Waals surface area contributed by atoms with Gasteiger partial charge in [-0.3, -0.25) is 4.79 Å². The predicted octanol–water partition coefficient (Wildman–Crippen LogP) is 0.640. The summed E-state index contributed by atoms with van der Waals surface area (Å²) in [6.07, 6.45) is 2.87. The summed E-state index contributed by atoms with van der Waals surface area (Å²) in [5.74, 6) is 0.0473. The van der Waals surface area contributed by atoms with Gasteiger partial charge in [0.25, 0.3) is 10.2 Å². The molecule has 4 aliphatic rings. The molecule has 4 rings (SSSR count). The van der Waals surface area contributed by atoms with Crippen LogP contribution in [0, 0.1) is 0 Å². The van der Waals surface area contributed by atoms with E-state index in [1.165, 1.54) is 8.61 Å². The second kappa shape index (κ2) is 8.17. The minimum Gasteiger partial charge on any atom is -0.444 e. The van der Waals surface area contributed by atoms with Crippen molar-refractivity contribution in [1.29, 1.82) is 0 Å². The number of hydrogen-bond donors (Lipinski definition) is 0. The summed E-state index contributed by atoms with van der Waals surface area (Å²) in [6.45, 7) is 7.98. The van der Waals surface area contributed by atoms with E-state index in [1.54, 1.807) is 4.90 Å². The van der Waals surface area contributed by atoms with Crippen molar-refractivity contribution in [3.8, 4) is 0 Å². The van der Waals surface area contributed by atoms with E-state index >= 15 is 0 Å².